The molecule has 0 N–H and O–H groups in total. The molecular formula is C24H23NO5S. The molecule has 0 radical (unpaired) electrons. The summed E-state index contributed by atoms with van der Waals surface area (Å²) < 4.78 is 45.2. The molecule has 0 atom stereocenters. The van der Waals surface area contributed by atoms with Gasteiger partial charge in [-0.25, -0.2) is 12.4 Å². The Bertz CT molecular complexity index is 1360. The van der Waals surface area contributed by atoms with Gasteiger partial charge in [-0.15, -0.1) is 0 Å². The molecule has 160 valence electrons. The molecule has 0 amide bonds. The van der Waals surface area contributed by atoms with Crippen LogP contribution in [0.2, 0.25) is 0 Å². The van der Waals surface area contributed by atoms with Crippen molar-refractivity contribution in [1.82, 2.24) is 3.97 Å². The number of benzene rings is 3. The van der Waals surface area contributed by atoms with E-state index < -0.39 is 10.0 Å². The maximum Gasteiger partial charge on any atom is 0.268 e. The van der Waals surface area contributed by atoms with Crippen LogP contribution in [0.25, 0.3) is 22.2 Å². The molecule has 0 saturated heterocycles. The van der Waals surface area contributed by atoms with Crippen LogP contribution in [0.1, 0.15) is 5.56 Å². The van der Waals surface area contributed by atoms with Crippen molar-refractivity contribution < 1.29 is 22.6 Å². The lowest BCUT2D eigenvalue weighted by atomic mass is 10.1. The summed E-state index contributed by atoms with van der Waals surface area (Å²) in [7, 11) is 0.776. The average Bonchev–Trinajstić information content (AvgIpc) is 3.11. The van der Waals surface area contributed by atoms with Gasteiger partial charge in [-0.05, 0) is 55.0 Å². The molecule has 4 aromatic rings. The molecule has 1 aromatic heterocycles. The van der Waals surface area contributed by atoms with Crippen molar-refractivity contribution in [2.75, 3.05) is 21.3 Å². The van der Waals surface area contributed by atoms with Crippen molar-refractivity contribution in [3.05, 3.63) is 72.3 Å². The van der Waals surface area contributed by atoms with Crippen LogP contribution >= 0.6 is 0 Å². The number of nitrogens with zero attached hydrogens (tertiary/aromatic N) is 1. The predicted molar refractivity (Wildman–Crippen MR) is 121 cm³/mol. The van der Waals surface area contributed by atoms with E-state index in [4.69, 9.17) is 14.2 Å². The average molecular weight is 438 g/mol. The van der Waals surface area contributed by atoms with Crippen LogP contribution in [-0.4, -0.2) is 33.7 Å². The first kappa shape index (κ1) is 20.8. The number of ether oxygens (including phenoxy) is 3. The zero-order chi connectivity index (χ0) is 22.2. The molecule has 7 heteroatoms. The Kier molecular flexibility index (Phi) is 5.37. The lowest BCUT2D eigenvalue weighted by Gasteiger charge is -2.15. The fourth-order valence-corrected chi connectivity index (χ4v) is 5.39. The van der Waals surface area contributed by atoms with Crippen molar-refractivity contribution in [3.8, 4) is 28.5 Å². The van der Waals surface area contributed by atoms with Crippen molar-refractivity contribution >= 4 is 20.9 Å². The van der Waals surface area contributed by atoms with E-state index in [9.17, 15) is 8.42 Å². The summed E-state index contributed by atoms with van der Waals surface area (Å²) in [6, 6.07) is 19.2. The highest BCUT2D eigenvalue weighted by Gasteiger charge is 2.27. The smallest absolute Gasteiger partial charge is 0.268 e. The second-order valence-electron chi connectivity index (χ2n) is 7.01. The van der Waals surface area contributed by atoms with E-state index in [2.05, 4.69) is 0 Å². The number of rotatable bonds is 6. The Hall–Kier alpha value is -3.45. The number of aryl methyl sites for hydroxylation is 1. The monoisotopic (exact) mass is 437 g/mol. The number of aromatic nitrogens is 1. The van der Waals surface area contributed by atoms with Crippen LogP contribution in [0.3, 0.4) is 0 Å². The molecule has 6 nitrogen and oxygen atoms in total. The highest BCUT2D eigenvalue weighted by molar-refractivity contribution is 7.90. The summed E-state index contributed by atoms with van der Waals surface area (Å²) in [5.74, 6) is 1.67. The fourth-order valence-electron chi connectivity index (χ4n) is 3.79. The largest absolute Gasteiger partial charge is 0.497 e. The van der Waals surface area contributed by atoms with Gasteiger partial charge in [0.1, 0.15) is 5.75 Å². The lowest BCUT2D eigenvalue weighted by Crippen LogP contribution is -2.14. The summed E-state index contributed by atoms with van der Waals surface area (Å²) in [5, 5.41) is 0.824. The van der Waals surface area contributed by atoms with Crippen molar-refractivity contribution in [2.24, 2.45) is 0 Å². The standard InChI is InChI=1S/C24H23NO5S/c1-16-20-12-11-18(28-2)15-21(20)25(31(26,27)19-8-6-5-7-9-19)24(16)17-10-13-22(29-3)23(14-17)30-4/h5-15H,1-4H3. The van der Waals surface area contributed by atoms with E-state index in [1.54, 1.807) is 69.9 Å². The Morgan fingerprint density at radius 3 is 2.13 bits per heavy atom. The lowest BCUT2D eigenvalue weighted by molar-refractivity contribution is 0.355. The molecule has 0 aliphatic heterocycles. The van der Waals surface area contributed by atoms with Crippen LogP contribution in [0, 0.1) is 6.92 Å². The summed E-state index contributed by atoms with van der Waals surface area (Å²) in [4.78, 5) is 0.205. The minimum atomic E-state index is -3.89. The second kappa shape index (κ2) is 8.00. The Labute approximate surface area is 181 Å². The highest BCUT2D eigenvalue weighted by atomic mass is 32.2. The normalized spacial score (nSPS) is 11.5. The molecular weight excluding hydrogens is 414 g/mol. The van der Waals surface area contributed by atoms with E-state index in [1.165, 1.54) is 3.97 Å². The summed E-state index contributed by atoms with van der Waals surface area (Å²) in [6.45, 7) is 1.91. The van der Waals surface area contributed by atoms with Gasteiger partial charge >= 0.3 is 0 Å². The second-order valence-corrected chi connectivity index (χ2v) is 8.80. The first-order valence-electron chi connectivity index (χ1n) is 9.64. The number of methoxy groups -OCH3 is 3. The highest BCUT2D eigenvalue weighted by Crippen LogP contribution is 2.40. The SMILES string of the molecule is COc1ccc2c(C)c(-c3ccc(OC)c(OC)c3)n(S(=O)(=O)c3ccccc3)c2c1. The van der Waals surface area contributed by atoms with E-state index in [0.29, 0.717) is 34.0 Å². The molecule has 0 fully saturated rings. The molecule has 0 aliphatic carbocycles. The van der Waals surface area contributed by atoms with Crippen LogP contribution in [-0.2, 0) is 10.0 Å². The molecule has 4 rings (SSSR count). The third-order valence-corrected chi connectivity index (χ3v) is 7.05. The summed E-state index contributed by atoms with van der Waals surface area (Å²) in [6.07, 6.45) is 0. The Morgan fingerprint density at radius 2 is 1.48 bits per heavy atom. The van der Waals surface area contributed by atoms with E-state index in [1.807, 2.05) is 25.1 Å². The molecule has 1 heterocycles. The molecule has 0 saturated carbocycles. The molecule has 31 heavy (non-hydrogen) atoms. The molecule has 0 aliphatic rings. The zero-order valence-corrected chi connectivity index (χ0v) is 18.6. The van der Waals surface area contributed by atoms with Gasteiger partial charge in [-0.3, -0.25) is 0 Å². The topological polar surface area (TPSA) is 66.8 Å². The van der Waals surface area contributed by atoms with E-state index in [0.717, 1.165) is 10.9 Å². The quantitative estimate of drug-likeness (QED) is 0.430. The fraction of sp³-hybridized carbons (Fsp3) is 0.167. The van der Waals surface area contributed by atoms with Gasteiger partial charge in [0.05, 0.1) is 37.4 Å². The van der Waals surface area contributed by atoms with Gasteiger partial charge in [0.25, 0.3) is 10.0 Å². The molecule has 0 bridgehead atoms. The van der Waals surface area contributed by atoms with Gasteiger partial charge in [0.2, 0.25) is 0 Å². The van der Waals surface area contributed by atoms with Crippen molar-refractivity contribution in [3.63, 3.8) is 0 Å². The minimum absolute atomic E-state index is 0.205. The summed E-state index contributed by atoms with van der Waals surface area (Å²) in [5.41, 5.74) is 2.65. The first-order valence-corrected chi connectivity index (χ1v) is 11.1. The molecule has 0 spiro atoms. The van der Waals surface area contributed by atoms with Gasteiger partial charge in [0, 0.05) is 17.0 Å². The van der Waals surface area contributed by atoms with Crippen molar-refractivity contribution in [2.45, 2.75) is 11.8 Å². The Balaban J connectivity index is 2.11. The maximum absolute atomic E-state index is 13.8. The molecule has 3 aromatic carbocycles. The minimum Gasteiger partial charge on any atom is -0.497 e. The Morgan fingerprint density at radius 1 is 0.774 bits per heavy atom. The van der Waals surface area contributed by atoms with Crippen molar-refractivity contribution in [1.29, 1.82) is 0 Å². The van der Waals surface area contributed by atoms with Gasteiger partial charge in [-0.1, -0.05) is 18.2 Å². The predicted octanol–water partition coefficient (Wildman–Crippen LogP) is 4.88. The zero-order valence-electron chi connectivity index (χ0n) is 17.7. The van der Waals surface area contributed by atoms with E-state index >= 15 is 0 Å². The van der Waals surface area contributed by atoms with Gasteiger partial charge in [-0.2, -0.15) is 0 Å². The number of hydrogen-bond donors (Lipinski definition) is 0. The van der Waals surface area contributed by atoms with Gasteiger partial charge < -0.3 is 14.2 Å². The van der Waals surface area contributed by atoms with Crippen LogP contribution in [0.5, 0.6) is 17.2 Å². The first-order chi connectivity index (χ1) is 14.9. The van der Waals surface area contributed by atoms with E-state index in [-0.39, 0.29) is 4.90 Å². The molecule has 0 unspecified atom stereocenters. The number of hydrogen-bond acceptors (Lipinski definition) is 5. The maximum atomic E-state index is 13.8. The van der Waals surface area contributed by atoms with Crippen LogP contribution < -0.4 is 14.2 Å². The number of fused-ring (bicyclic) bond motifs is 1. The third-order valence-electron chi connectivity index (χ3n) is 5.32. The van der Waals surface area contributed by atoms with Crippen LogP contribution in [0.4, 0.5) is 0 Å². The van der Waals surface area contributed by atoms with Gasteiger partial charge in [0.15, 0.2) is 11.5 Å². The third kappa shape index (κ3) is 3.41. The summed E-state index contributed by atoms with van der Waals surface area (Å²) >= 11 is 0. The van der Waals surface area contributed by atoms with Crippen LogP contribution in [0.15, 0.2) is 71.6 Å².